The Hall–Kier alpha value is -3.17. The summed E-state index contributed by atoms with van der Waals surface area (Å²) in [6, 6.07) is 11.8. The lowest BCUT2D eigenvalue weighted by Crippen LogP contribution is -2.15. The number of nitrogens with zero attached hydrogens (tertiary/aromatic N) is 3. The maximum Gasteiger partial charge on any atom is 0.327 e. The van der Waals surface area contributed by atoms with Gasteiger partial charge in [-0.3, -0.25) is 19.5 Å². The molecule has 3 aromatic rings. The number of hydrogen-bond donors (Lipinski definition) is 0. The number of aromatic nitrogens is 2. The minimum absolute atomic E-state index is 0.0451. The van der Waals surface area contributed by atoms with Crippen LogP contribution >= 0.6 is 0 Å². The van der Waals surface area contributed by atoms with Gasteiger partial charge in [0.1, 0.15) is 11.5 Å². The van der Waals surface area contributed by atoms with Crippen molar-refractivity contribution in [1.29, 1.82) is 0 Å². The third kappa shape index (κ3) is 4.82. The predicted molar refractivity (Wildman–Crippen MR) is 108 cm³/mol. The van der Waals surface area contributed by atoms with Gasteiger partial charge in [0.2, 0.25) is 0 Å². The molecule has 29 heavy (non-hydrogen) atoms. The monoisotopic (exact) mass is 413 g/mol. The SMILES string of the molecule is Cc1ccccc1-n1ccnc1[S+]([O-])CCCOc1ccc([N+](=O)[O-])c(C=O)c1. The number of aldehydes is 1. The van der Waals surface area contributed by atoms with Crippen molar-refractivity contribution in [2.45, 2.75) is 18.5 Å². The number of carbonyl (C=O) groups is 1. The molecule has 0 aliphatic heterocycles. The Morgan fingerprint density at radius 1 is 1.28 bits per heavy atom. The summed E-state index contributed by atoms with van der Waals surface area (Å²) in [6.45, 7) is 2.24. The molecule has 0 spiro atoms. The Balaban J connectivity index is 1.58. The van der Waals surface area contributed by atoms with E-state index in [9.17, 15) is 19.5 Å². The van der Waals surface area contributed by atoms with E-state index < -0.39 is 16.1 Å². The Kier molecular flexibility index (Phi) is 6.63. The number of benzene rings is 2. The first-order valence-corrected chi connectivity index (χ1v) is 10.2. The second-order valence-corrected chi connectivity index (χ2v) is 7.68. The molecule has 0 fully saturated rings. The first-order valence-electron chi connectivity index (χ1n) is 8.85. The highest BCUT2D eigenvalue weighted by atomic mass is 32.2. The average Bonchev–Trinajstić information content (AvgIpc) is 3.20. The zero-order valence-corrected chi connectivity index (χ0v) is 16.5. The van der Waals surface area contributed by atoms with Crippen LogP contribution in [0.15, 0.2) is 60.0 Å². The van der Waals surface area contributed by atoms with E-state index in [1.54, 1.807) is 12.4 Å². The molecule has 0 saturated heterocycles. The predicted octanol–water partition coefficient (Wildman–Crippen LogP) is 3.48. The van der Waals surface area contributed by atoms with E-state index in [1.165, 1.54) is 18.2 Å². The van der Waals surface area contributed by atoms with Crippen LogP contribution in [0.3, 0.4) is 0 Å². The Morgan fingerprint density at radius 2 is 2.07 bits per heavy atom. The molecule has 8 nitrogen and oxygen atoms in total. The van der Waals surface area contributed by atoms with E-state index in [1.807, 2.05) is 35.8 Å². The van der Waals surface area contributed by atoms with Gasteiger partial charge in [0.05, 0.1) is 29.0 Å². The molecule has 0 amide bonds. The summed E-state index contributed by atoms with van der Waals surface area (Å²) in [5.74, 6) is 0.695. The molecule has 0 radical (unpaired) electrons. The molecular weight excluding hydrogens is 394 g/mol. The molecule has 0 saturated carbocycles. The fraction of sp³-hybridized carbons (Fsp3) is 0.200. The quantitative estimate of drug-likeness (QED) is 0.175. The van der Waals surface area contributed by atoms with Crippen LogP contribution in [0.5, 0.6) is 5.75 Å². The van der Waals surface area contributed by atoms with Crippen LogP contribution in [-0.2, 0) is 11.2 Å². The minimum Gasteiger partial charge on any atom is -0.609 e. The first-order chi connectivity index (χ1) is 14.0. The molecule has 2 aromatic carbocycles. The zero-order chi connectivity index (χ0) is 20.8. The van der Waals surface area contributed by atoms with Gasteiger partial charge in [-0.25, -0.2) is 0 Å². The molecule has 1 atom stereocenters. The number of aryl methyl sites for hydroxylation is 1. The van der Waals surface area contributed by atoms with Crippen LogP contribution < -0.4 is 4.74 Å². The van der Waals surface area contributed by atoms with Crippen molar-refractivity contribution < 1.29 is 19.0 Å². The van der Waals surface area contributed by atoms with Gasteiger partial charge in [0.15, 0.2) is 6.29 Å². The Bertz CT molecular complexity index is 1020. The number of nitro benzene ring substituents is 1. The van der Waals surface area contributed by atoms with Crippen LogP contribution in [0.25, 0.3) is 5.69 Å². The van der Waals surface area contributed by atoms with E-state index in [-0.39, 0.29) is 17.9 Å². The van der Waals surface area contributed by atoms with Gasteiger partial charge in [0, 0.05) is 29.9 Å². The highest BCUT2D eigenvalue weighted by Gasteiger charge is 2.20. The summed E-state index contributed by atoms with van der Waals surface area (Å²) in [4.78, 5) is 25.5. The number of rotatable bonds is 9. The highest BCUT2D eigenvalue weighted by Crippen LogP contribution is 2.23. The largest absolute Gasteiger partial charge is 0.609 e. The molecular formula is C20H19N3O5S. The third-order valence-electron chi connectivity index (χ3n) is 4.25. The van der Waals surface area contributed by atoms with Crippen LogP contribution in [-0.4, -0.2) is 37.7 Å². The summed E-state index contributed by atoms with van der Waals surface area (Å²) in [6.07, 6.45) is 4.31. The number of imidazole rings is 1. The topological polar surface area (TPSA) is 110 Å². The molecule has 3 rings (SSSR count). The lowest BCUT2D eigenvalue weighted by Gasteiger charge is -2.13. The van der Waals surface area contributed by atoms with Gasteiger partial charge >= 0.3 is 5.16 Å². The van der Waals surface area contributed by atoms with Gasteiger partial charge in [-0.2, -0.15) is 4.98 Å². The van der Waals surface area contributed by atoms with Crippen LogP contribution in [0.1, 0.15) is 22.3 Å². The molecule has 0 aliphatic rings. The summed E-state index contributed by atoms with van der Waals surface area (Å²) in [7, 11) is 0. The number of ether oxygens (including phenoxy) is 1. The number of carbonyl (C=O) groups excluding carboxylic acids is 1. The Morgan fingerprint density at radius 3 is 2.79 bits per heavy atom. The van der Waals surface area contributed by atoms with Crippen LogP contribution in [0.4, 0.5) is 5.69 Å². The summed E-state index contributed by atoms with van der Waals surface area (Å²) in [5.41, 5.74) is 1.67. The molecule has 0 bridgehead atoms. The maximum atomic E-state index is 12.7. The number of para-hydroxylation sites is 1. The van der Waals surface area contributed by atoms with Crippen molar-refractivity contribution in [2.24, 2.45) is 0 Å². The van der Waals surface area contributed by atoms with Crippen molar-refractivity contribution in [3.63, 3.8) is 0 Å². The first kappa shape index (κ1) is 20.6. The summed E-state index contributed by atoms with van der Waals surface area (Å²) >= 11 is -1.32. The molecule has 1 unspecified atom stereocenters. The summed E-state index contributed by atoms with van der Waals surface area (Å²) < 4.78 is 20.1. The van der Waals surface area contributed by atoms with Crippen LogP contribution in [0.2, 0.25) is 0 Å². The third-order valence-corrected chi connectivity index (χ3v) is 5.62. The fourth-order valence-corrected chi connectivity index (χ4v) is 3.95. The molecule has 0 aliphatic carbocycles. The molecule has 1 heterocycles. The van der Waals surface area contributed by atoms with Gasteiger partial charge in [-0.15, -0.1) is 0 Å². The standard InChI is InChI=1S/C20H19N3O5S/c1-15-5-2-3-6-18(15)22-10-9-21-20(22)29(27)12-4-11-28-17-7-8-19(23(25)26)16(13-17)14-24/h2-3,5-10,13-14H,4,11-12H2,1H3. The molecule has 9 heteroatoms. The second-order valence-electron chi connectivity index (χ2n) is 6.21. The average molecular weight is 413 g/mol. The Labute approximate surface area is 170 Å². The van der Waals surface area contributed by atoms with Crippen molar-refractivity contribution in [3.05, 3.63) is 76.1 Å². The van der Waals surface area contributed by atoms with Crippen molar-refractivity contribution in [2.75, 3.05) is 12.4 Å². The van der Waals surface area contributed by atoms with E-state index in [0.29, 0.717) is 29.4 Å². The van der Waals surface area contributed by atoms with Crippen molar-refractivity contribution in [3.8, 4) is 11.4 Å². The van der Waals surface area contributed by atoms with Gasteiger partial charge in [-0.1, -0.05) is 18.2 Å². The normalized spacial score (nSPS) is 11.8. The van der Waals surface area contributed by atoms with Gasteiger partial charge < -0.3 is 9.29 Å². The number of nitro groups is 1. The van der Waals surface area contributed by atoms with Gasteiger partial charge in [0.25, 0.3) is 5.69 Å². The second kappa shape index (κ2) is 9.35. The smallest absolute Gasteiger partial charge is 0.327 e. The summed E-state index contributed by atoms with van der Waals surface area (Å²) in [5, 5.41) is 11.3. The lowest BCUT2D eigenvalue weighted by atomic mass is 10.2. The van der Waals surface area contributed by atoms with Crippen LogP contribution in [0, 0.1) is 17.0 Å². The van der Waals surface area contributed by atoms with Gasteiger partial charge in [-0.05, 0) is 30.7 Å². The lowest BCUT2D eigenvalue weighted by molar-refractivity contribution is -0.385. The van der Waals surface area contributed by atoms with E-state index in [0.717, 1.165) is 11.3 Å². The van der Waals surface area contributed by atoms with Crippen molar-refractivity contribution in [1.82, 2.24) is 9.55 Å². The minimum atomic E-state index is -1.32. The van der Waals surface area contributed by atoms with Crippen molar-refractivity contribution >= 4 is 23.1 Å². The van der Waals surface area contributed by atoms with E-state index in [2.05, 4.69) is 4.98 Å². The molecule has 0 N–H and O–H groups in total. The number of hydrogen-bond acceptors (Lipinski definition) is 6. The van der Waals surface area contributed by atoms with E-state index in [4.69, 9.17) is 4.74 Å². The van der Waals surface area contributed by atoms with E-state index >= 15 is 0 Å². The molecule has 1 aromatic heterocycles. The molecule has 150 valence electrons. The highest BCUT2D eigenvalue weighted by molar-refractivity contribution is 7.91. The maximum absolute atomic E-state index is 12.7. The zero-order valence-electron chi connectivity index (χ0n) is 15.7. The fourth-order valence-electron chi connectivity index (χ4n) is 2.83.